The highest BCUT2D eigenvalue weighted by atomic mass is 32.2. The summed E-state index contributed by atoms with van der Waals surface area (Å²) in [6, 6.07) is 0.411. The maximum absolute atomic E-state index is 11.5. The van der Waals surface area contributed by atoms with Gasteiger partial charge in [0.15, 0.2) is 9.84 Å². The monoisotopic (exact) mass is 218 g/mol. The fourth-order valence-corrected chi connectivity index (χ4v) is 4.49. The molecule has 1 N–H and O–H groups in total. The van der Waals surface area contributed by atoms with Gasteiger partial charge in [0.25, 0.3) is 0 Å². The molecule has 0 aromatic rings. The number of hydrogen-bond acceptors (Lipinski definition) is 4. The average Bonchev–Trinajstić information content (AvgIpc) is 2.41. The molecular formula is C9H18N2O2S. The average molecular weight is 218 g/mol. The van der Waals surface area contributed by atoms with Crippen molar-refractivity contribution in [2.45, 2.75) is 25.4 Å². The third kappa shape index (κ3) is 1.94. The van der Waals surface area contributed by atoms with E-state index < -0.39 is 9.84 Å². The lowest BCUT2D eigenvalue weighted by molar-refractivity contribution is 0.149. The van der Waals surface area contributed by atoms with E-state index in [4.69, 9.17) is 0 Å². The molecule has 2 saturated heterocycles. The summed E-state index contributed by atoms with van der Waals surface area (Å²) in [5.74, 6) is 0.683. The molecule has 2 rings (SSSR count). The molecule has 0 aliphatic carbocycles. The Hall–Kier alpha value is -0.130. The number of sulfone groups is 1. The zero-order valence-electron chi connectivity index (χ0n) is 8.57. The van der Waals surface area contributed by atoms with Crippen LogP contribution in [0.3, 0.4) is 0 Å². The van der Waals surface area contributed by atoms with Gasteiger partial charge in [-0.1, -0.05) is 6.92 Å². The molecule has 0 amide bonds. The molecule has 2 aliphatic rings. The van der Waals surface area contributed by atoms with E-state index in [1.165, 1.54) is 0 Å². The molecule has 0 saturated carbocycles. The number of nitrogens with one attached hydrogen (secondary N) is 1. The van der Waals surface area contributed by atoms with E-state index >= 15 is 0 Å². The first-order valence-electron chi connectivity index (χ1n) is 5.30. The Balaban J connectivity index is 2.10. The summed E-state index contributed by atoms with van der Waals surface area (Å²) in [5.41, 5.74) is 0. The minimum absolute atomic E-state index is 0.181. The van der Waals surface area contributed by atoms with Gasteiger partial charge in [-0.15, -0.1) is 0 Å². The minimum Gasteiger partial charge on any atom is -0.310 e. The molecule has 14 heavy (non-hydrogen) atoms. The number of fused-ring (bicyclic) bond motifs is 1. The van der Waals surface area contributed by atoms with Crippen LogP contribution in [0.25, 0.3) is 0 Å². The van der Waals surface area contributed by atoms with Crippen LogP contribution in [0.2, 0.25) is 0 Å². The van der Waals surface area contributed by atoms with E-state index in [0.29, 0.717) is 11.5 Å². The lowest BCUT2D eigenvalue weighted by Gasteiger charge is -2.37. The molecule has 0 unspecified atom stereocenters. The van der Waals surface area contributed by atoms with E-state index in [2.05, 4.69) is 17.1 Å². The van der Waals surface area contributed by atoms with Crippen LogP contribution in [0.4, 0.5) is 0 Å². The first-order chi connectivity index (χ1) is 6.62. The largest absolute Gasteiger partial charge is 0.310 e. The minimum atomic E-state index is -2.78. The molecule has 0 spiro atoms. The van der Waals surface area contributed by atoms with Crippen molar-refractivity contribution in [2.24, 2.45) is 0 Å². The fourth-order valence-electron chi connectivity index (χ4n) is 2.51. The second kappa shape index (κ2) is 3.79. The molecule has 0 aromatic heterocycles. The van der Waals surface area contributed by atoms with Crippen molar-refractivity contribution in [1.82, 2.24) is 10.2 Å². The molecule has 82 valence electrons. The maximum atomic E-state index is 11.5. The fraction of sp³-hybridized carbons (Fsp3) is 1.00. The predicted molar refractivity (Wildman–Crippen MR) is 56.1 cm³/mol. The van der Waals surface area contributed by atoms with Crippen molar-refractivity contribution >= 4 is 9.84 Å². The van der Waals surface area contributed by atoms with Gasteiger partial charge < -0.3 is 5.32 Å². The summed E-state index contributed by atoms with van der Waals surface area (Å²) in [5, 5.41) is 3.30. The van der Waals surface area contributed by atoms with Crippen LogP contribution in [0.1, 0.15) is 13.3 Å². The topological polar surface area (TPSA) is 49.4 Å². The van der Waals surface area contributed by atoms with Crippen molar-refractivity contribution < 1.29 is 8.42 Å². The lowest BCUT2D eigenvalue weighted by atomic mass is 10.1. The highest BCUT2D eigenvalue weighted by molar-refractivity contribution is 7.91. The van der Waals surface area contributed by atoms with Gasteiger partial charge in [-0.25, -0.2) is 8.42 Å². The zero-order chi connectivity index (χ0) is 10.2. The summed E-state index contributed by atoms with van der Waals surface area (Å²) in [4.78, 5) is 2.33. The molecule has 0 aromatic carbocycles. The van der Waals surface area contributed by atoms with Crippen molar-refractivity contribution in [3.05, 3.63) is 0 Å². The van der Waals surface area contributed by atoms with Crippen LogP contribution in [0.5, 0.6) is 0 Å². The van der Waals surface area contributed by atoms with Crippen LogP contribution in [0, 0.1) is 0 Å². The number of piperazine rings is 1. The Morgan fingerprint density at radius 1 is 1.43 bits per heavy atom. The van der Waals surface area contributed by atoms with Crippen LogP contribution in [-0.2, 0) is 9.84 Å². The summed E-state index contributed by atoms with van der Waals surface area (Å²) < 4.78 is 23.0. The Morgan fingerprint density at radius 2 is 2.21 bits per heavy atom. The third-order valence-corrected chi connectivity index (χ3v) is 4.82. The van der Waals surface area contributed by atoms with Crippen LogP contribution >= 0.6 is 0 Å². The van der Waals surface area contributed by atoms with Gasteiger partial charge in [-0.05, 0) is 13.0 Å². The van der Waals surface area contributed by atoms with E-state index in [0.717, 1.165) is 26.1 Å². The molecule has 2 atom stereocenters. The van der Waals surface area contributed by atoms with E-state index in [1.807, 2.05) is 0 Å². The molecule has 2 heterocycles. The van der Waals surface area contributed by atoms with Crippen molar-refractivity contribution in [3.8, 4) is 0 Å². The van der Waals surface area contributed by atoms with E-state index in [1.54, 1.807) is 0 Å². The summed E-state index contributed by atoms with van der Waals surface area (Å²) in [6.07, 6.45) is 1.10. The van der Waals surface area contributed by atoms with Crippen molar-refractivity contribution in [3.63, 3.8) is 0 Å². The Labute approximate surface area is 85.6 Å². The SMILES string of the molecule is CCCN1CCN[C@H]2CS(=O)(=O)C[C@H]21. The van der Waals surface area contributed by atoms with Gasteiger partial charge in [0.2, 0.25) is 0 Å². The molecule has 2 fully saturated rings. The van der Waals surface area contributed by atoms with Gasteiger partial charge in [-0.2, -0.15) is 0 Å². The summed E-state index contributed by atoms with van der Waals surface area (Å²) >= 11 is 0. The molecule has 5 heteroatoms. The summed E-state index contributed by atoms with van der Waals surface area (Å²) in [7, 11) is -2.78. The van der Waals surface area contributed by atoms with Gasteiger partial charge in [0.1, 0.15) is 0 Å². The van der Waals surface area contributed by atoms with Crippen molar-refractivity contribution in [2.75, 3.05) is 31.1 Å². The van der Waals surface area contributed by atoms with Gasteiger partial charge in [0.05, 0.1) is 11.5 Å². The van der Waals surface area contributed by atoms with Gasteiger partial charge in [-0.3, -0.25) is 4.90 Å². The highest BCUT2D eigenvalue weighted by Crippen LogP contribution is 2.21. The molecule has 0 bridgehead atoms. The zero-order valence-corrected chi connectivity index (χ0v) is 9.39. The third-order valence-electron chi connectivity index (χ3n) is 3.11. The van der Waals surface area contributed by atoms with E-state index in [-0.39, 0.29) is 12.1 Å². The molecule has 2 aliphatic heterocycles. The quantitative estimate of drug-likeness (QED) is 0.677. The Morgan fingerprint density at radius 3 is 2.93 bits per heavy atom. The Bertz CT molecular complexity index is 300. The number of hydrogen-bond donors (Lipinski definition) is 1. The molecule has 0 radical (unpaired) electrons. The first kappa shape index (κ1) is 10.4. The normalized spacial score (nSPS) is 36.9. The Kier molecular flexibility index (Phi) is 2.81. The first-order valence-corrected chi connectivity index (χ1v) is 7.12. The predicted octanol–water partition coefficient (Wildman–Crippen LogP) is -0.533. The van der Waals surface area contributed by atoms with E-state index in [9.17, 15) is 8.42 Å². The number of rotatable bonds is 2. The standard InChI is InChI=1S/C9H18N2O2S/c1-2-4-11-5-3-10-8-6-14(12,13)7-9(8)11/h8-10H,2-7H2,1H3/t8-,9+/m0/s1. The van der Waals surface area contributed by atoms with Crippen LogP contribution in [0.15, 0.2) is 0 Å². The van der Waals surface area contributed by atoms with Crippen LogP contribution < -0.4 is 5.32 Å². The smallest absolute Gasteiger partial charge is 0.153 e. The number of nitrogens with zero attached hydrogens (tertiary/aromatic N) is 1. The lowest BCUT2D eigenvalue weighted by Crippen LogP contribution is -2.57. The second-order valence-electron chi connectivity index (χ2n) is 4.24. The second-order valence-corrected chi connectivity index (χ2v) is 6.39. The highest BCUT2D eigenvalue weighted by Gasteiger charge is 2.42. The molecule has 4 nitrogen and oxygen atoms in total. The van der Waals surface area contributed by atoms with Gasteiger partial charge in [0, 0.05) is 25.2 Å². The maximum Gasteiger partial charge on any atom is 0.153 e. The van der Waals surface area contributed by atoms with Crippen LogP contribution in [-0.4, -0.2) is 56.5 Å². The van der Waals surface area contributed by atoms with Crippen molar-refractivity contribution in [1.29, 1.82) is 0 Å². The summed E-state index contributed by atoms with van der Waals surface area (Å²) in [6.45, 7) is 5.08. The molecular weight excluding hydrogens is 200 g/mol. The van der Waals surface area contributed by atoms with Gasteiger partial charge >= 0.3 is 0 Å².